The maximum absolute atomic E-state index is 12.9. The SMILES string of the molecule is CCC1=N[C@]23c4nc(C)sc4O[C@@]2(c2ccc(C#N)cc2)[C@H](c2ccccc2)[C@@H](CN(C)C)[C@]3(O)N1. The summed E-state index contributed by atoms with van der Waals surface area (Å²) in [6.45, 7) is 4.60. The highest BCUT2D eigenvalue weighted by Crippen LogP contribution is 2.74. The lowest BCUT2D eigenvalue weighted by atomic mass is 9.70. The van der Waals surface area contributed by atoms with Gasteiger partial charge in [0.2, 0.25) is 10.6 Å². The number of fused-ring (bicyclic) bond motifs is 1. The fourth-order valence-electron chi connectivity index (χ4n) is 6.67. The number of hydrogen-bond acceptors (Lipinski definition) is 8. The first kappa shape index (κ1) is 23.2. The molecule has 0 saturated heterocycles. The molecule has 0 radical (unpaired) electrons. The third-order valence-electron chi connectivity index (χ3n) is 7.90. The Morgan fingerprint density at radius 3 is 2.53 bits per heavy atom. The summed E-state index contributed by atoms with van der Waals surface area (Å²) in [5, 5.41) is 27.4. The molecule has 3 aromatic rings. The smallest absolute Gasteiger partial charge is 0.201 e. The quantitative estimate of drug-likeness (QED) is 0.553. The van der Waals surface area contributed by atoms with Gasteiger partial charge in [0.1, 0.15) is 5.69 Å². The van der Waals surface area contributed by atoms with Crippen LogP contribution in [0.25, 0.3) is 0 Å². The molecule has 1 aromatic heterocycles. The Morgan fingerprint density at radius 2 is 1.89 bits per heavy atom. The summed E-state index contributed by atoms with van der Waals surface area (Å²) in [4.78, 5) is 12.4. The van der Waals surface area contributed by atoms with E-state index < -0.39 is 16.9 Å². The lowest BCUT2D eigenvalue weighted by molar-refractivity contribution is -0.0867. The van der Waals surface area contributed by atoms with Gasteiger partial charge in [-0.3, -0.25) is 0 Å². The van der Waals surface area contributed by atoms with Gasteiger partial charge < -0.3 is 20.1 Å². The van der Waals surface area contributed by atoms with E-state index in [-0.39, 0.29) is 11.8 Å². The maximum Gasteiger partial charge on any atom is 0.201 e. The van der Waals surface area contributed by atoms with E-state index >= 15 is 0 Å². The largest absolute Gasteiger partial charge is 0.467 e. The van der Waals surface area contributed by atoms with Crippen LogP contribution in [-0.4, -0.2) is 47.2 Å². The third kappa shape index (κ3) is 2.74. The van der Waals surface area contributed by atoms with Crippen molar-refractivity contribution in [1.29, 1.82) is 5.26 Å². The number of thiazole rings is 1. The second-order valence-corrected chi connectivity index (χ2v) is 11.3. The van der Waals surface area contributed by atoms with E-state index in [4.69, 9.17) is 14.7 Å². The minimum Gasteiger partial charge on any atom is -0.467 e. The van der Waals surface area contributed by atoms with E-state index in [1.54, 1.807) is 0 Å². The van der Waals surface area contributed by atoms with Crippen molar-refractivity contribution in [1.82, 2.24) is 15.2 Å². The van der Waals surface area contributed by atoms with Crippen LogP contribution in [0.3, 0.4) is 0 Å². The minimum atomic E-state index is -1.44. The number of ether oxygens (including phenoxy) is 1. The zero-order valence-corrected chi connectivity index (χ0v) is 21.6. The van der Waals surface area contributed by atoms with Gasteiger partial charge in [0.25, 0.3) is 0 Å². The number of nitrogens with zero attached hydrogens (tertiary/aromatic N) is 4. The number of nitrogens with one attached hydrogen (secondary N) is 1. The monoisotopic (exact) mass is 499 g/mol. The Morgan fingerprint density at radius 1 is 1.17 bits per heavy atom. The van der Waals surface area contributed by atoms with Gasteiger partial charge in [-0.25, -0.2) is 9.98 Å². The highest BCUT2D eigenvalue weighted by molar-refractivity contribution is 7.13. The van der Waals surface area contributed by atoms with Gasteiger partial charge in [-0.15, -0.1) is 0 Å². The molecule has 2 aliphatic heterocycles. The molecule has 8 heteroatoms. The van der Waals surface area contributed by atoms with Gasteiger partial charge in [0.15, 0.2) is 11.3 Å². The zero-order chi connectivity index (χ0) is 25.3. The maximum atomic E-state index is 12.9. The fraction of sp³-hybridized carbons (Fsp3) is 0.393. The number of benzene rings is 2. The molecule has 2 aromatic carbocycles. The van der Waals surface area contributed by atoms with Gasteiger partial charge in [0, 0.05) is 24.8 Å². The van der Waals surface area contributed by atoms with Gasteiger partial charge in [0.05, 0.1) is 22.5 Å². The lowest BCUT2D eigenvalue weighted by Gasteiger charge is -2.41. The Bertz CT molecular complexity index is 1400. The summed E-state index contributed by atoms with van der Waals surface area (Å²) >= 11 is 1.49. The highest BCUT2D eigenvalue weighted by atomic mass is 32.1. The normalized spacial score (nSPS) is 31.8. The lowest BCUT2D eigenvalue weighted by Crippen LogP contribution is -2.61. The number of aliphatic imine (C=N–C) groups is 1. The second-order valence-electron chi connectivity index (χ2n) is 10.2. The molecule has 3 aliphatic rings. The molecular weight excluding hydrogens is 470 g/mol. The predicted octanol–water partition coefficient (Wildman–Crippen LogP) is 3.88. The van der Waals surface area contributed by atoms with E-state index in [0.29, 0.717) is 29.3 Å². The van der Waals surface area contributed by atoms with Gasteiger partial charge >= 0.3 is 0 Å². The van der Waals surface area contributed by atoms with Crippen LogP contribution < -0.4 is 10.1 Å². The molecule has 7 nitrogen and oxygen atoms in total. The summed E-state index contributed by atoms with van der Waals surface area (Å²) in [5.41, 5.74) is -0.496. The van der Waals surface area contributed by atoms with Crippen LogP contribution in [0.5, 0.6) is 5.06 Å². The number of amidine groups is 1. The number of aromatic nitrogens is 1. The van der Waals surface area contributed by atoms with Crippen LogP contribution in [-0.2, 0) is 11.1 Å². The molecule has 3 heterocycles. The minimum absolute atomic E-state index is 0.254. The molecule has 6 rings (SSSR count). The Kier molecular flexibility index (Phi) is 5.07. The summed E-state index contributed by atoms with van der Waals surface area (Å²) in [7, 11) is 4.05. The molecule has 36 heavy (non-hydrogen) atoms. The standard InChI is InChI=1S/C28H29N5O2S/c1-5-22-31-27-24-25(36-17(2)30-24)35-26(27,20-13-11-18(15-29)12-14-20)23(19-9-7-6-8-10-19)21(16-33(3)4)28(27,34)32-22/h6-14,21,23,34H,5,16H2,1-4H3,(H,31,32)/t21-,23-,26+,27-,28-/m1/s1. The average Bonchev–Trinajstić information content (AvgIpc) is 3.52. The van der Waals surface area contributed by atoms with E-state index in [2.05, 4.69) is 28.4 Å². The molecule has 0 amide bonds. The van der Waals surface area contributed by atoms with Crippen LogP contribution >= 0.6 is 11.3 Å². The molecule has 184 valence electrons. The molecular formula is C28H29N5O2S. The highest BCUT2D eigenvalue weighted by Gasteiger charge is 2.85. The van der Waals surface area contributed by atoms with Crippen LogP contribution in [0.2, 0.25) is 0 Å². The fourth-order valence-corrected chi connectivity index (χ4v) is 7.54. The molecule has 0 bridgehead atoms. The molecule has 1 aliphatic carbocycles. The summed E-state index contributed by atoms with van der Waals surface area (Å²) in [6.07, 6.45) is 0.649. The third-order valence-corrected chi connectivity index (χ3v) is 8.75. The first-order valence-electron chi connectivity index (χ1n) is 12.3. The topological polar surface area (TPSA) is 93.8 Å². The number of aryl methyl sites for hydroxylation is 1. The molecule has 5 atom stereocenters. The van der Waals surface area contributed by atoms with Crippen LogP contribution in [0, 0.1) is 24.2 Å². The van der Waals surface area contributed by atoms with Crippen molar-refractivity contribution < 1.29 is 9.84 Å². The second kappa shape index (κ2) is 7.87. The van der Waals surface area contributed by atoms with Crippen molar-refractivity contribution in [2.24, 2.45) is 10.9 Å². The summed E-state index contributed by atoms with van der Waals surface area (Å²) in [6, 6.07) is 20.0. The first-order valence-corrected chi connectivity index (χ1v) is 13.1. The first-order chi connectivity index (χ1) is 17.3. The zero-order valence-electron chi connectivity index (χ0n) is 20.8. The van der Waals surface area contributed by atoms with E-state index in [1.165, 1.54) is 11.3 Å². The van der Waals surface area contributed by atoms with Crippen LogP contribution in [0.15, 0.2) is 59.6 Å². The van der Waals surface area contributed by atoms with Crippen molar-refractivity contribution in [3.05, 3.63) is 82.0 Å². The number of nitriles is 1. The van der Waals surface area contributed by atoms with Crippen molar-refractivity contribution in [2.75, 3.05) is 20.6 Å². The molecule has 1 spiro atoms. The van der Waals surface area contributed by atoms with E-state index in [1.807, 2.05) is 70.4 Å². The van der Waals surface area contributed by atoms with Gasteiger partial charge in [-0.05, 0) is 44.3 Å². The van der Waals surface area contributed by atoms with Gasteiger partial charge in [-0.2, -0.15) is 5.26 Å². The van der Waals surface area contributed by atoms with Crippen molar-refractivity contribution in [2.45, 2.75) is 43.1 Å². The van der Waals surface area contributed by atoms with Crippen molar-refractivity contribution >= 4 is 17.2 Å². The summed E-state index contributed by atoms with van der Waals surface area (Å²) < 4.78 is 7.09. The summed E-state index contributed by atoms with van der Waals surface area (Å²) in [5.74, 6) is 0.205. The van der Waals surface area contributed by atoms with Crippen LogP contribution in [0.4, 0.5) is 0 Å². The Hall–Kier alpha value is -3.25. The van der Waals surface area contributed by atoms with Crippen LogP contribution in [0.1, 0.15) is 46.7 Å². The molecule has 0 unspecified atom stereocenters. The number of hydrogen-bond donors (Lipinski definition) is 2. The molecule has 2 N–H and O–H groups in total. The molecule has 1 fully saturated rings. The van der Waals surface area contributed by atoms with Crippen molar-refractivity contribution in [3.8, 4) is 11.1 Å². The Balaban J connectivity index is 1.74. The number of rotatable bonds is 5. The Labute approximate surface area is 215 Å². The molecule has 1 saturated carbocycles. The number of aliphatic hydroxyl groups is 1. The predicted molar refractivity (Wildman–Crippen MR) is 139 cm³/mol. The van der Waals surface area contributed by atoms with Gasteiger partial charge in [-0.1, -0.05) is 60.7 Å². The average molecular weight is 500 g/mol. The van der Waals surface area contributed by atoms with E-state index in [0.717, 1.165) is 22.0 Å². The van der Waals surface area contributed by atoms with E-state index in [9.17, 15) is 10.4 Å². The van der Waals surface area contributed by atoms with Crippen molar-refractivity contribution in [3.63, 3.8) is 0 Å².